The molecule has 5 nitrogen and oxygen atoms in total. The van der Waals surface area contributed by atoms with Crippen molar-refractivity contribution in [3.63, 3.8) is 0 Å². The lowest BCUT2D eigenvalue weighted by Crippen LogP contribution is -2.36. The molecule has 0 saturated heterocycles. The van der Waals surface area contributed by atoms with Gasteiger partial charge in [-0.15, -0.1) is 0 Å². The van der Waals surface area contributed by atoms with E-state index < -0.39 is 0 Å². The Labute approximate surface area is 126 Å². The average molecular weight is 291 g/mol. The van der Waals surface area contributed by atoms with Crippen LogP contribution in [0.15, 0.2) is 18.2 Å². The number of ether oxygens (including phenoxy) is 1. The minimum atomic E-state index is -0.127. The number of nitrogen functional groups attached to an aromatic ring is 1. The van der Waals surface area contributed by atoms with E-state index in [2.05, 4.69) is 17.1 Å². The highest BCUT2D eigenvalue weighted by Crippen LogP contribution is 2.27. The second-order valence-electron chi connectivity index (χ2n) is 5.27. The van der Waals surface area contributed by atoms with Gasteiger partial charge in [0.25, 0.3) is 5.91 Å². The molecule has 0 aromatic heterocycles. The van der Waals surface area contributed by atoms with Crippen molar-refractivity contribution in [2.75, 3.05) is 32.0 Å². The van der Waals surface area contributed by atoms with E-state index in [-0.39, 0.29) is 5.91 Å². The van der Waals surface area contributed by atoms with Crippen LogP contribution in [-0.2, 0) is 0 Å². The van der Waals surface area contributed by atoms with Crippen LogP contribution in [0.3, 0.4) is 0 Å². The molecule has 0 aliphatic heterocycles. The van der Waals surface area contributed by atoms with E-state index in [4.69, 9.17) is 10.5 Å². The molecule has 0 radical (unpaired) electrons. The van der Waals surface area contributed by atoms with Crippen LogP contribution in [0.25, 0.3) is 0 Å². The largest absolute Gasteiger partial charge is 0.491 e. The van der Waals surface area contributed by atoms with Gasteiger partial charge in [-0.1, -0.05) is 13.0 Å². The molecule has 3 N–H and O–H groups in total. The topological polar surface area (TPSA) is 67.6 Å². The van der Waals surface area contributed by atoms with Crippen LogP contribution in [0, 0.1) is 0 Å². The fraction of sp³-hybridized carbons (Fsp3) is 0.562. The van der Waals surface area contributed by atoms with Crippen molar-refractivity contribution in [2.45, 2.75) is 32.7 Å². The molecule has 21 heavy (non-hydrogen) atoms. The molecule has 1 aromatic rings. The lowest BCUT2D eigenvalue weighted by atomic mass is 10.1. The van der Waals surface area contributed by atoms with Gasteiger partial charge in [-0.25, -0.2) is 0 Å². The van der Waals surface area contributed by atoms with Crippen LogP contribution < -0.4 is 15.8 Å². The molecule has 116 valence electrons. The predicted octanol–water partition coefficient (Wildman–Crippen LogP) is 1.88. The highest BCUT2D eigenvalue weighted by Gasteiger charge is 2.27. The number of amides is 1. The first-order valence-electron chi connectivity index (χ1n) is 7.70. The number of rotatable bonds is 8. The van der Waals surface area contributed by atoms with Gasteiger partial charge in [0, 0.05) is 19.1 Å². The molecular formula is C16H25N3O2. The third-order valence-electron chi connectivity index (χ3n) is 3.73. The summed E-state index contributed by atoms with van der Waals surface area (Å²) >= 11 is 0. The maximum atomic E-state index is 12.3. The SMILES string of the molecule is CCOc1c(N)cccc1C(=O)NCCN(CC)C1CC1. The summed E-state index contributed by atoms with van der Waals surface area (Å²) in [5.74, 6) is 0.352. The van der Waals surface area contributed by atoms with E-state index in [0.717, 1.165) is 19.1 Å². The number of benzene rings is 1. The molecule has 0 unspecified atom stereocenters. The third kappa shape index (κ3) is 4.11. The van der Waals surface area contributed by atoms with Gasteiger partial charge in [0.05, 0.1) is 17.9 Å². The number of anilines is 1. The quantitative estimate of drug-likeness (QED) is 0.718. The normalized spacial score (nSPS) is 14.2. The lowest BCUT2D eigenvalue weighted by molar-refractivity contribution is 0.0944. The Hall–Kier alpha value is -1.75. The fourth-order valence-corrected chi connectivity index (χ4v) is 2.49. The predicted molar refractivity (Wildman–Crippen MR) is 84.6 cm³/mol. The lowest BCUT2D eigenvalue weighted by Gasteiger charge is -2.20. The summed E-state index contributed by atoms with van der Waals surface area (Å²) < 4.78 is 5.49. The van der Waals surface area contributed by atoms with E-state index in [1.54, 1.807) is 18.2 Å². The number of hydrogen-bond acceptors (Lipinski definition) is 4. The van der Waals surface area contributed by atoms with Crippen molar-refractivity contribution < 1.29 is 9.53 Å². The van der Waals surface area contributed by atoms with Crippen LogP contribution in [0.5, 0.6) is 5.75 Å². The highest BCUT2D eigenvalue weighted by atomic mass is 16.5. The first-order chi connectivity index (χ1) is 10.2. The molecule has 1 aliphatic carbocycles. The van der Waals surface area contributed by atoms with E-state index in [9.17, 15) is 4.79 Å². The highest BCUT2D eigenvalue weighted by molar-refractivity contribution is 5.98. The van der Waals surface area contributed by atoms with Gasteiger partial charge in [-0.05, 0) is 38.4 Å². The van der Waals surface area contributed by atoms with Crippen molar-refractivity contribution >= 4 is 11.6 Å². The smallest absolute Gasteiger partial charge is 0.255 e. The van der Waals surface area contributed by atoms with Crippen LogP contribution in [0.2, 0.25) is 0 Å². The van der Waals surface area contributed by atoms with Crippen LogP contribution in [-0.4, -0.2) is 43.1 Å². The zero-order valence-electron chi connectivity index (χ0n) is 12.9. The Bertz CT molecular complexity index is 486. The van der Waals surface area contributed by atoms with Crippen molar-refractivity contribution in [1.29, 1.82) is 0 Å². The number of carbonyl (C=O) groups excluding carboxylic acids is 1. The molecule has 0 bridgehead atoms. The molecule has 0 spiro atoms. The molecule has 1 aliphatic rings. The van der Waals surface area contributed by atoms with Gasteiger partial charge in [0.15, 0.2) is 5.75 Å². The number of hydrogen-bond donors (Lipinski definition) is 2. The van der Waals surface area contributed by atoms with Crippen molar-refractivity contribution in [1.82, 2.24) is 10.2 Å². The average Bonchev–Trinajstić information content (AvgIpc) is 3.30. The van der Waals surface area contributed by atoms with E-state index in [0.29, 0.717) is 30.2 Å². The number of carbonyl (C=O) groups is 1. The number of nitrogens with two attached hydrogens (primary N) is 1. The monoisotopic (exact) mass is 291 g/mol. The molecule has 1 saturated carbocycles. The maximum absolute atomic E-state index is 12.3. The van der Waals surface area contributed by atoms with E-state index in [1.165, 1.54) is 12.8 Å². The number of para-hydroxylation sites is 1. The summed E-state index contributed by atoms with van der Waals surface area (Å²) in [6.07, 6.45) is 2.57. The summed E-state index contributed by atoms with van der Waals surface area (Å²) in [6, 6.07) is 5.98. The summed E-state index contributed by atoms with van der Waals surface area (Å²) in [4.78, 5) is 14.7. The fourth-order valence-electron chi connectivity index (χ4n) is 2.49. The van der Waals surface area contributed by atoms with Gasteiger partial charge in [0.2, 0.25) is 0 Å². The number of nitrogens with zero attached hydrogens (tertiary/aromatic N) is 1. The van der Waals surface area contributed by atoms with Gasteiger partial charge in [-0.3, -0.25) is 9.69 Å². The zero-order valence-corrected chi connectivity index (χ0v) is 12.9. The first-order valence-corrected chi connectivity index (χ1v) is 7.70. The van der Waals surface area contributed by atoms with Gasteiger partial charge < -0.3 is 15.8 Å². The summed E-state index contributed by atoms with van der Waals surface area (Å²) in [5, 5.41) is 2.96. The van der Waals surface area contributed by atoms with Crippen LogP contribution in [0.4, 0.5) is 5.69 Å². The van der Waals surface area contributed by atoms with Gasteiger partial charge >= 0.3 is 0 Å². The zero-order chi connectivity index (χ0) is 15.2. The molecule has 5 heteroatoms. The Kier molecular flexibility index (Phi) is 5.44. The standard InChI is InChI=1S/C16H25N3O2/c1-3-19(12-8-9-12)11-10-18-16(20)13-6-5-7-14(17)15(13)21-4-2/h5-7,12H,3-4,8-11,17H2,1-2H3,(H,18,20). The minimum absolute atomic E-state index is 0.127. The second kappa shape index (κ2) is 7.31. The first kappa shape index (κ1) is 15.6. The summed E-state index contributed by atoms with van der Waals surface area (Å²) in [5.41, 5.74) is 6.88. The van der Waals surface area contributed by atoms with E-state index >= 15 is 0 Å². The maximum Gasteiger partial charge on any atom is 0.255 e. The van der Waals surface area contributed by atoms with Crippen LogP contribution in [0.1, 0.15) is 37.0 Å². The number of likely N-dealkylation sites (N-methyl/N-ethyl adjacent to an activating group) is 1. The summed E-state index contributed by atoms with van der Waals surface area (Å²) in [6.45, 7) is 7.08. The van der Waals surface area contributed by atoms with Gasteiger partial charge in [-0.2, -0.15) is 0 Å². The molecule has 1 fully saturated rings. The molecule has 0 heterocycles. The molecular weight excluding hydrogens is 266 g/mol. The van der Waals surface area contributed by atoms with Crippen molar-refractivity contribution in [2.24, 2.45) is 0 Å². The van der Waals surface area contributed by atoms with Crippen molar-refractivity contribution in [3.05, 3.63) is 23.8 Å². The Morgan fingerprint density at radius 1 is 1.43 bits per heavy atom. The van der Waals surface area contributed by atoms with Gasteiger partial charge in [0.1, 0.15) is 0 Å². The number of nitrogens with one attached hydrogen (secondary N) is 1. The molecule has 1 aromatic carbocycles. The van der Waals surface area contributed by atoms with E-state index in [1.807, 2.05) is 6.92 Å². The third-order valence-corrected chi connectivity index (χ3v) is 3.73. The second-order valence-corrected chi connectivity index (χ2v) is 5.27. The molecule has 1 amide bonds. The Morgan fingerprint density at radius 2 is 2.19 bits per heavy atom. The van der Waals surface area contributed by atoms with Crippen molar-refractivity contribution in [3.8, 4) is 5.75 Å². The molecule has 2 rings (SSSR count). The molecule has 0 atom stereocenters. The minimum Gasteiger partial charge on any atom is -0.491 e. The van der Waals surface area contributed by atoms with Crippen LogP contribution >= 0.6 is 0 Å². The summed E-state index contributed by atoms with van der Waals surface area (Å²) in [7, 11) is 0. The Morgan fingerprint density at radius 3 is 2.81 bits per heavy atom. The Balaban J connectivity index is 1.92.